The van der Waals surface area contributed by atoms with E-state index in [-0.39, 0.29) is 27.3 Å². The average Bonchev–Trinajstić information content (AvgIpc) is 1.64. The summed E-state index contributed by atoms with van der Waals surface area (Å²) in [4.78, 5) is 41.8. The van der Waals surface area contributed by atoms with Gasteiger partial charge in [0.15, 0.2) is 6.23 Å². The van der Waals surface area contributed by atoms with Gasteiger partial charge in [0, 0.05) is 119 Å². The van der Waals surface area contributed by atoms with Crippen LogP contribution in [0.25, 0.3) is 169 Å². The molecule has 1 unspecified atom stereocenters. The summed E-state index contributed by atoms with van der Waals surface area (Å²) in [5.74, 6) is 0. The van der Waals surface area contributed by atoms with Crippen LogP contribution in [0.3, 0.4) is 0 Å². The largest absolute Gasteiger partial charge is 0.573 e. The third-order valence-electron chi connectivity index (χ3n) is 23.7. The second kappa shape index (κ2) is 46.2. The molecule has 0 amide bonds. The molecule has 1 saturated heterocycles. The number of aryl methyl sites for hydroxylation is 3. The number of pyridine rings is 9. The molecule has 8 aromatic carbocycles. The van der Waals surface area contributed by atoms with Gasteiger partial charge >= 0.3 is 7.12 Å². The topological polar surface area (TPSA) is 239 Å². The number of ether oxygens (including phenoxy) is 1. The van der Waals surface area contributed by atoms with Crippen molar-refractivity contribution in [3.63, 3.8) is 0 Å². The van der Waals surface area contributed by atoms with Crippen molar-refractivity contribution in [3.05, 3.63) is 427 Å². The Morgan fingerprint density at radius 2 is 0.701 bits per heavy atom. The van der Waals surface area contributed by atoms with Crippen LogP contribution in [-0.4, -0.2) is 93.7 Å². The molecule has 20 aromatic rings. The third-order valence-corrected chi connectivity index (χ3v) is 24.2. The van der Waals surface area contributed by atoms with Crippen LogP contribution < -0.4 is 10.6 Å². The minimum Gasteiger partial charge on any atom is -0.573 e. The van der Waals surface area contributed by atoms with E-state index in [0.717, 1.165) is 247 Å². The summed E-state index contributed by atoms with van der Waals surface area (Å²) in [7, 11) is -1.45. The summed E-state index contributed by atoms with van der Waals surface area (Å²) in [6.07, 6.45) is 14.9. The van der Waals surface area contributed by atoms with Gasteiger partial charge in [0.05, 0.1) is 85.4 Å². The summed E-state index contributed by atoms with van der Waals surface area (Å²) in [5.41, 5.74) is 37.1. The van der Waals surface area contributed by atoms with Crippen molar-refractivity contribution >= 4 is 28.5 Å². The number of hydrogen-bond donors (Lipinski definition) is 3. The van der Waals surface area contributed by atoms with Crippen molar-refractivity contribution in [2.24, 2.45) is 0 Å². The summed E-state index contributed by atoms with van der Waals surface area (Å²) >= 11 is 3.43. The fourth-order valence-corrected chi connectivity index (χ4v) is 17.0. The van der Waals surface area contributed by atoms with E-state index in [1.54, 1.807) is 30.7 Å². The SMILES string of the molecule is Brc1cccc(-c2ccccn2)c1.CCc1[nH]nc(-c2cccc(-c3cccc(-c4cccc(-c5ccccn5)c4)c3)n2)c1C.CCc1n[n-]c(-c2cccc(-c3cccc(-c4cccc(-c5ccccn5)n4)c3)n2)c1C.CCc1nn(C2CCCCO2)c(-c2cccc(-c3cccc(-c4cccc(-c5ccccn5)c4)c3)n2)c1C.OB(O)c1cccc(-c2cccc(-c3ccccn3)c2)c1.[Pt]. The van der Waals surface area contributed by atoms with Crippen molar-refractivity contribution < 1.29 is 35.9 Å². The Kier molecular flexibility index (Phi) is 32.0. The first kappa shape index (κ1) is 95.0. The Labute approximate surface area is 822 Å². The van der Waals surface area contributed by atoms with Crippen LogP contribution in [0, 0.1) is 20.8 Å². The molecule has 0 bridgehead atoms. The van der Waals surface area contributed by atoms with Gasteiger partial charge in [0.1, 0.15) is 5.69 Å². The maximum absolute atomic E-state index is 9.27. The average molecular weight is 2040 g/mol. The molecule has 12 aromatic heterocycles. The van der Waals surface area contributed by atoms with Crippen molar-refractivity contribution in [2.45, 2.75) is 86.3 Å². The van der Waals surface area contributed by atoms with Gasteiger partial charge in [-0.05, 0) is 273 Å². The first-order chi connectivity index (χ1) is 66.8. The zero-order chi connectivity index (χ0) is 93.5. The van der Waals surface area contributed by atoms with Crippen LogP contribution in [0.5, 0.6) is 0 Å². The molecule has 0 radical (unpaired) electrons. The molecule has 1 aliphatic rings. The standard InChI is InChI=1S/C33H32N4O.C28H24N4.C27H22N5.C17H14BNO2.C11H8BrN.Pt/c1-3-28-23(2)33(37(36-28)32-18-5-7-20-38-32)31-17-10-16-30(35-31)27-14-9-12-25(22-27)24-11-8-13-26(21-24)29-15-4-6-19-34-29;1-3-24-19(2)28(32-31-24)27-15-8-14-26(30-27)23-12-7-10-21(18-23)20-9-6-11-22(17-20)25-13-4-5-16-29-25;1-3-21-18(2)27(32-31-21)26-15-8-13-23(30-26)20-10-6-9-19(17-20)22-12-7-14-25(29-22)24-11-4-5-16-28-24;20-18(21)16-8-4-6-14(12-16)13-5-3-7-15(11-13)17-9-1-2-10-19-17;12-10-5-3-4-9(8-10)11-6-1-2-7-13-11;/h4,6,8-17,19,21-22,32H,3,5,7,18,20H2,1-2H3;4-18H,3H2,1-2H3,(H,31,32);4-17H,3H2,1-2H3;1-12,20-21H;1-8H;/q;;-1;;;. The number of aromatic amines is 1. The van der Waals surface area contributed by atoms with Gasteiger partial charge in [-0.15, -0.1) is 0 Å². The molecule has 0 aliphatic carbocycles. The van der Waals surface area contributed by atoms with E-state index < -0.39 is 7.12 Å². The van der Waals surface area contributed by atoms with E-state index in [0.29, 0.717) is 5.46 Å². The minimum atomic E-state index is -1.45. The zero-order valence-electron chi connectivity index (χ0n) is 76.8. The third kappa shape index (κ3) is 23.6. The number of benzene rings is 8. The van der Waals surface area contributed by atoms with Crippen LogP contribution in [-0.2, 0) is 45.1 Å². The number of H-pyrrole nitrogens is 1. The van der Waals surface area contributed by atoms with Gasteiger partial charge in [-0.1, -0.05) is 243 Å². The second-order valence-electron chi connectivity index (χ2n) is 32.7. The fraction of sp³-hybridized carbons (Fsp3) is 0.121. The molecule has 0 saturated carbocycles. The smallest absolute Gasteiger partial charge is 0.488 e. The number of nitrogens with one attached hydrogen (secondary N) is 1. The molecule has 1 atom stereocenters. The van der Waals surface area contributed by atoms with E-state index in [1.165, 1.54) is 5.56 Å². The van der Waals surface area contributed by atoms with E-state index in [1.807, 2.05) is 213 Å². The van der Waals surface area contributed by atoms with Gasteiger partial charge in [0.2, 0.25) is 0 Å². The monoisotopic (exact) mass is 2040 g/mol. The fourth-order valence-electron chi connectivity index (χ4n) is 16.6. The van der Waals surface area contributed by atoms with Gasteiger partial charge in [0.25, 0.3) is 0 Å². The Morgan fingerprint density at radius 1 is 0.350 bits per heavy atom. The quantitative estimate of drug-likeness (QED) is 0.0601. The number of aromatic nitrogens is 15. The molecule has 18 nitrogen and oxygen atoms in total. The predicted molar refractivity (Wildman–Crippen MR) is 552 cm³/mol. The molecule has 21 rings (SSSR count). The maximum Gasteiger partial charge on any atom is 0.488 e. The predicted octanol–water partition coefficient (Wildman–Crippen LogP) is 26.0. The Hall–Kier alpha value is -15.1. The van der Waals surface area contributed by atoms with E-state index in [2.05, 4.69) is 253 Å². The number of rotatable bonds is 20. The van der Waals surface area contributed by atoms with E-state index >= 15 is 0 Å². The van der Waals surface area contributed by atoms with Crippen LogP contribution in [0.1, 0.15) is 80.0 Å². The normalized spacial score (nSPS) is 11.9. The van der Waals surface area contributed by atoms with E-state index in [9.17, 15) is 10.0 Å². The first-order valence-corrected chi connectivity index (χ1v) is 46.6. The summed E-state index contributed by atoms with van der Waals surface area (Å²) < 4.78 is 9.29. The van der Waals surface area contributed by atoms with Gasteiger partial charge in [-0.25, -0.2) is 24.6 Å². The zero-order valence-corrected chi connectivity index (χ0v) is 80.7. The molecule has 13 heterocycles. The van der Waals surface area contributed by atoms with Gasteiger partial charge in [-0.2, -0.15) is 10.2 Å². The van der Waals surface area contributed by atoms with Crippen LogP contribution in [0.4, 0.5) is 0 Å². The summed E-state index contributed by atoms with van der Waals surface area (Å²) in [6, 6.07) is 120. The molecule has 678 valence electrons. The minimum absolute atomic E-state index is 0. The molecular formula is C116H100BBrN15O3Pt-. The second-order valence-corrected chi connectivity index (χ2v) is 33.7. The van der Waals surface area contributed by atoms with E-state index in [4.69, 9.17) is 29.8 Å². The van der Waals surface area contributed by atoms with Crippen LogP contribution in [0.2, 0.25) is 0 Å². The maximum atomic E-state index is 9.27. The van der Waals surface area contributed by atoms with Crippen LogP contribution in [0.15, 0.2) is 393 Å². The Morgan fingerprint density at radius 3 is 1.10 bits per heavy atom. The summed E-state index contributed by atoms with van der Waals surface area (Å²) in [5, 5.41) is 39.8. The molecule has 1 aliphatic heterocycles. The molecular weight excluding hydrogens is 1940 g/mol. The molecule has 137 heavy (non-hydrogen) atoms. The molecule has 3 N–H and O–H groups in total. The van der Waals surface area contributed by atoms with Gasteiger partial charge in [-0.3, -0.25) is 30.0 Å². The Balaban J connectivity index is 0.000000128. The molecule has 1 fully saturated rings. The number of halogens is 1. The van der Waals surface area contributed by atoms with Crippen LogP contribution >= 0.6 is 15.9 Å². The van der Waals surface area contributed by atoms with Crippen molar-refractivity contribution in [3.8, 4) is 169 Å². The van der Waals surface area contributed by atoms with Crippen molar-refractivity contribution in [1.82, 2.24) is 75.0 Å². The van der Waals surface area contributed by atoms with Gasteiger partial charge < -0.3 is 25.0 Å². The van der Waals surface area contributed by atoms with Crippen molar-refractivity contribution in [1.29, 1.82) is 0 Å². The summed E-state index contributed by atoms with van der Waals surface area (Å²) in [6.45, 7) is 13.5. The Bertz CT molecular complexity index is 7190. The molecule has 0 spiro atoms. The van der Waals surface area contributed by atoms with Crippen molar-refractivity contribution in [2.75, 3.05) is 6.61 Å². The molecule has 21 heteroatoms. The number of nitrogens with zero attached hydrogens (tertiary/aromatic N) is 14. The number of hydrogen-bond acceptors (Lipinski definition) is 15. The first-order valence-electron chi connectivity index (χ1n) is 45.8.